The number of cyclic esters (lactones) is 1. The average Bonchev–Trinajstić information content (AvgIpc) is 2.98. The Kier molecular flexibility index (Phi) is 5.44. The van der Waals surface area contributed by atoms with Crippen LogP contribution in [0.2, 0.25) is 0 Å². The lowest BCUT2D eigenvalue weighted by atomic mass is 10.1. The van der Waals surface area contributed by atoms with E-state index in [2.05, 4.69) is 9.73 Å². The molecule has 1 heterocycles. The highest BCUT2D eigenvalue weighted by molar-refractivity contribution is 6.13. The molecule has 2 aromatic carbocycles. The first-order chi connectivity index (χ1) is 13.0. The van der Waals surface area contributed by atoms with Gasteiger partial charge in [0.1, 0.15) is 5.82 Å². The van der Waals surface area contributed by atoms with Gasteiger partial charge in [-0.3, -0.25) is 0 Å². The summed E-state index contributed by atoms with van der Waals surface area (Å²) in [7, 11) is 0. The predicted octanol–water partition coefficient (Wildman–Crippen LogP) is 4.17. The number of esters is 1. The molecule has 0 saturated carbocycles. The monoisotopic (exact) mass is 377 g/mol. The molecule has 2 aromatic rings. The lowest BCUT2D eigenvalue weighted by Crippen LogP contribution is -2.07. The minimum atomic E-state index is -3.09. The van der Waals surface area contributed by atoms with E-state index in [0.717, 1.165) is 0 Å². The molecule has 0 fully saturated rings. The number of para-hydroxylation sites is 1. The number of ether oxygens (including phenoxy) is 3. The molecule has 3 rings (SSSR count). The van der Waals surface area contributed by atoms with E-state index in [0.29, 0.717) is 0 Å². The fourth-order valence-corrected chi connectivity index (χ4v) is 2.44. The van der Waals surface area contributed by atoms with Crippen molar-refractivity contribution in [2.45, 2.75) is 13.5 Å². The molecule has 0 aromatic heterocycles. The third-order valence-electron chi connectivity index (χ3n) is 3.53. The van der Waals surface area contributed by atoms with Gasteiger partial charge in [-0.1, -0.05) is 24.3 Å². The summed E-state index contributed by atoms with van der Waals surface area (Å²) in [5, 5.41) is 0. The number of carbonyl (C=O) groups is 1. The molecular formula is C19H14F3NO4. The van der Waals surface area contributed by atoms with E-state index < -0.39 is 18.4 Å². The minimum absolute atomic E-state index is 0.0152. The van der Waals surface area contributed by atoms with Crippen molar-refractivity contribution in [3.05, 3.63) is 65.1 Å². The van der Waals surface area contributed by atoms with E-state index in [9.17, 15) is 18.0 Å². The van der Waals surface area contributed by atoms with Gasteiger partial charge in [0.2, 0.25) is 5.90 Å². The van der Waals surface area contributed by atoms with Crippen LogP contribution in [0.3, 0.4) is 0 Å². The van der Waals surface area contributed by atoms with Crippen LogP contribution in [0.4, 0.5) is 13.2 Å². The molecule has 140 valence electrons. The molecule has 0 N–H and O–H groups in total. The first-order valence-corrected chi connectivity index (χ1v) is 7.97. The Morgan fingerprint density at radius 1 is 1.19 bits per heavy atom. The van der Waals surface area contributed by atoms with Crippen LogP contribution in [-0.4, -0.2) is 25.1 Å². The Morgan fingerprint density at radius 2 is 1.96 bits per heavy atom. The maximum atomic E-state index is 13.9. The molecule has 5 nitrogen and oxygen atoms in total. The zero-order valence-electron chi connectivity index (χ0n) is 14.1. The van der Waals surface area contributed by atoms with E-state index in [1.165, 1.54) is 36.4 Å². The Balaban J connectivity index is 2.02. The second kappa shape index (κ2) is 7.94. The fraction of sp³-hybridized carbons (Fsp3) is 0.158. The van der Waals surface area contributed by atoms with Crippen molar-refractivity contribution in [3.8, 4) is 11.5 Å². The van der Waals surface area contributed by atoms with Gasteiger partial charge in [-0.05, 0) is 31.2 Å². The Labute approximate surface area is 152 Å². The summed E-state index contributed by atoms with van der Waals surface area (Å²) in [6.07, 6.45) is 1.22. The summed E-state index contributed by atoms with van der Waals surface area (Å²) in [5.74, 6) is -1.79. The molecule has 0 amide bonds. The lowest BCUT2D eigenvalue weighted by Gasteiger charge is -2.13. The van der Waals surface area contributed by atoms with Crippen LogP contribution in [0.1, 0.15) is 18.1 Å². The van der Waals surface area contributed by atoms with Crippen LogP contribution >= 0.6 is 0 Å². The molecule has 0 saturated heterocycles. The van der Waals surface area contributed by atoms with Crippen LogP contribution in [0.25, 0.3) is 6.08 Å². The molecule has 8 heteroatoms. The second-order valence-corrected chi connectivity index (χ2v) is 5.30. The van der Waals surface area contributed by atoms with Gasteiger partial charge in [-0.2, -0.15) is 8.78 Å². The van der Waals surface area contributed by atoms with Crippen molar-refractivity contribution in [2.24, 2.45) is 4.99 Å². The lowest BCUT2D eigenvalue weighted by molar-refractivity contribution is -0.129. The summed E-state index contributed by atoms with van der Waals surface area (Å²) in [6.45, 7) is -1.16. The maximum Gasteiger partial charge on any atom is 0.387 e. The number of alkyl halides is 2. The molecule has 1 aliphatic rings. The highest BCUT2D eigenvalue weighted by atomic mass is 19.3. The molecule has 0 spiro atoms. The standard InChI is InChI=1S/C19H14F3NO4/c1-2-25-15-9-5-6-11(16(15)26-19(21)22)10-14-18(24)27-17(23-14)12-7-3-4-8-13(12)20/h3-10,19H,2H2,1H3. The number of hydrogen-bond donors (Lipinski definition) is 0. The zero-order valence-corrected chi connectivity index (χ0v) is 14.1. The SMILES string of the molecule is CCOc1cccc(C=C2N=C(c3ccccc3F)OC2=O)c1OC(F)F. The van der Waals surface area contributed by atoms with Crippen LogP contribution in [-0.2, 0) is 9.53 Å². The minimum Gasteiger partial charge on any atom is -0.490 e. The smallest absolute Gasteiger partial charge is 0.387 e. The zero-order chi connectivity index (χ0) is 19.4. The third-order valence-corrected chi connectivity index (χ3v) is 3.53. The molecule has 1 aliphatic heterocycles. The number of hydrogen-bond acceptors (Lipinski definition) is 5. The van der Waals surface area contributed by atoms with Crippen molar-refractivity contribution in [3.63, 3.8) is 0 Å². The largest absolute Gasteiger partial charge is 0.490 e. The van der Waals surface area contributed by atoms with Crippen molar-refractivity contribution in [1.29, 1.82) is 0 Å². The van der Waals surface area contributed by atoms with E-state index >= 15 is 0 Å². The molecule has 0 atom stereocenters. The topological polar surface area (TPSA) is 57.1 Å². The van der Waals surface area contributed by atoms with Gasteiger partial charge in [0, 0.05) is 5.56 Å². The van der Waals surface area contributed by atoms with E-state index in [1.54, 1.807) is 19.1 Å². The van der Waals surface area contributed by atoms with Gasteiger partial charge in [0.05, 0.1) is 12.2 Å². The van der Waals surface area contributed by atoms with Crippen LogP contribution < -0.4 is 9.47 Å². The van der Waals surface area contributed by atoms with E-state index in [4.69, 9.17) is 9.47 Å². The Hall–Kier alpha value is -3.29. The number of nitrogens with zero attached hydrogens (tertiary/aromatic N) is 1. The fourth-order valence-electron chi connectivity index (χ4n) is 2.44. The van der Waals surface area contributed by atoms with Crippen molar-refractivity contribution in [2.75, 3.05) is 6.61 Å². The number of aliphatic imine (C=N–C) groups is 1. The van der Waals surface area contributed by atoms with Crippen molar-refractivity contribution < 1.29 is 32.2 Å². The maximum absolute atomic E-state index is 13.9. The number of rotatable bonds is 6. The molecule has 0 unspecified atom stereocenters. The van der Waals surface area contributed by atoms with E-state index in [1.807, 2.05) is 0 Å². The first kappa shape index (κ1) is 18.5. The number of benzene rings is 2. The number of carbonyl (C=O) groups excluding carboxylic acids is 1. The van der Waals surface area contributed by atoms with Crippen molar-refractivity contribution >= 4 is 17.9 Å². The van der Waals surface area contributed by atoms with Crippen LogP contribution in [0.5, 0.6) is 11.5 Å². The molecule has 27 heavy (non-hydrogen) atoms. The third kappa shape index (κ3) is 4.11. The molecular weight excluding hydrogens is 363 g/mol. The second-order valence-electron chi connectivity index (χ2n) is 5.30. The predicted molar refractivity (Wildman–Crippen MR) is 91.2 cm³/mol. The van der Waals surface area contributed by atoms with Gasteiger partial charge >= 0.3 is 12.6 Å². The first-order valence-electron chi connectivity index (χ1n) is 7.97. The molecule has 0 radical (unpaired) electrons. The van der Waals surface area contributed by atoms with Gasteiger partial charge in [-0.25, -0.2) is 14.2 Å². The normalized spacial score (nSPS) is 15.1. The van der Waals surface area contributed by atoms with Crippen LogP contribution in [0.15, 0.2) is 53.2 Å². The summed E-state index contributed by atoms with van der Waals surface area (Å²) >= 11 is 0. The number of halogens is 3. The average molecular weight is 377 g/mol. The van der Waals surface area contributed by atoms with Gasteiger partial charge in [-0.15, -0.1) is 0 Å². The quantitative estimate of drug-likeness (QED) is 0.560. The van der Waals surface area contributed by atoms with E-state index in [-0.39, 0.29) is 40.8 Å². The summed E-state index contributed by atoms with van der Waals surface area (Å²) < 4.78 is 54.2. The summed E-state index contributed by atoms with van der Waals surface area (Å²) in [5.41, 5.74) is -0.0193. The van der Waals surface area contributed by atoms with Gasteiger partial charge in [0.15, 0.2) is 17.2 Å². The summed E-state index contributed by atoms with van der Waals surface area (Å²) in [4.78, 5) is 16.0. The highest BCUT2D eigenvalue weighted by Crippen LogP contribution is 2.35. The molecule has 0 bridgehead atoms. The van der Waals surface area contributed by atoms with Gasteiger partial charge in [0.25, 0.3) is 0 Å². The molecule has 0 aliphatic carbocycles. The highest BCUT2D eigenvalue weighted by Gasteiger charge is 2.27. The Morgan fingerprint density at radius 3 is 2.67 bits per heavy atom. The van der Waals surface area contributed by atoms with Gasteiger partial charge < -0.3 is 14.2 Å². The summed E-state index contributed by atoms with van der Waals surface area (Å²) in [6, 6.07) is 10.1. The van der Waals surface area contributed by atoms with Crippen LogP contribution in [0, 0.1) is 5.82 Å². The Bertz CT molecular complexity index is 925. The van der Waals surface area contributed by atoms with Crippen molar-refractivity contribution in [1.82, 2.24) is 0 Å².